The van der Waals surface area contributed by atoms with Gasteiger partial charge in [-0.2, -0.15) is 0 Å². The van der Waals surface area contributed by atoms with Crippen LogP contribution in [-0.4, -0.2) is 25.9 Å². The maximum absolute atomic E-state index is 12.2. The third-order valence-corrected chi connectivity index (χ3v) is 8.25. The third-order valence-electron chi connectivity index (χ3n) is 6.44. The van der Waals surface area contributed by atoms with Crippen LogP contribution in [0.3, 0.4) is 0 Å². The van der Waals surface area contributed by atoms with E-state index < -0.39 is 35.8 Å². The van der Waals surface area contributed by atoms with Gasteiger partial charge in [0.25, 0.3) is 0 Å². The minimum Gasteiger partial charge on any atom is -0.744 e. The maximum atomic E-state index is 12.2. The average Bonchev–Trinajstić information content (AvgIpc) is 2.83. The van der Waals surface area contributed by atoms with Crippen LogP contribution in [0.25, 0.3) is 0 Å². The van der Waals surface area contributed by atoms with Crippen LogP contribution in [0.5, 0.6) is 11.5 Å². The van der Waals surface area contributed by atoms with Gasteiger partial charge in [-0.15, -0.1) is 0 Å². The molecule has 2 aromatic rings. The van der Waals surface area contributed by atoms with Gasteiger partial charge in [0.1, 0.15) is 30.9 Å². The molecule has 39 heavy (non-hydrogen) atoms. The monoisotopic (exact) mass is 598 g/mol. The van der Waals surface area contributed by atoms with E-state index in [1.54, 1.807) is 18.2 Å². The van der Waals surface area contributed by atoms with E-state index in [-0.39, 0.29) is 76.8 Å². The fourth-order valence-corrected chi connectivity index (χ4v) is 6.01. The predicted molar refractivity (Wildman–Crippen MR) is 143 cm³/mol. The molecule has 0 N–H and O–H groups in total. The number of rotatable bonds is 19. The number of benzene rings is 2. The molecule has 0 bridgehead atoms. The van der Waals surface area contributed by atoms with E-state index in [4.69, 9.17) is 4.74 Å². The second-order valence-corrected chi connectivity index (χ2v) is 12.2. The van der Waals surface area contributed by atoms with Gasteiger partial charge in [0.2, 0.25) is 0 Å². The van der Waals surface area contributed by atoms with Gasteiger partial charge in [0, 0.05) is 0 Å². The van der Waals surface area contributed by atoms with Gasteiger partial charge < -0.3 is 13.8 Å². The van der Waals surface area contributed by atoms with E-state index in [1.165, 1.54) is 82.4 Å². The van der Waals surface area contributed by atoms with Crippen LogP contribution in [-0.2, 0) is 26.7 Å². The summed E-state index contributed by atoms with van der Waals surface area (Å²) < 4.78 is 77.4. The van der Waals surface area contributed by atoms with Crippen molar-refractivity contribution in [1.82, 2.24) is 0 Å². The largest absolute Gasteiger partial charge is 1.00 e. The average molecular weight is 599 g/mol. The SMILES string of the molecule is CCCCCCCCCCCCCCCCc1ccc(S(=O)(=O)[O-])c(Oc2ccccc2)c1S(=O)(=O)[O-].[Na+].[Na+]. The molecule has 0 aliphatic heterocycles. The van der Waals surface area contributed by atoms with Gasteiger partial charge >= 0.3 is 59.1 Å². The Bertz CT molecular complexity index is 1160. The van der Waals surface area contributed by atoms with Crippen LogP contribution in [0, 0.1) is 0 Å². The number of hydrogen-bond acceptors (Lipinski definition) is 7. The van der Waals surface area contributed by atoms with Crippen molar-refractivity contribution in [2.75, 3.05) is 0 Å². The minimum atomic E-state index is -5.11. The topological polar surface area (TPSA) is 124 Å². The molecule has 2 rings (SSSR count). The molecule has 2 aromatic carbocycles. The van der Waals surface area contributed by atoms with Gasteiger partial charge in [-0.25, -0.2) is 16.8 Å². The summed E-state index contributed by atoms with van der Waals surface area (Å²) in [4.78, 5) is -1.64. The zero-order valence-corrected chi connectivity index (χ0v) is 29.5. The standard InChI is InChI=1S/C28H42O7S2.2Na/c1-2-3-4-5-6-7-8-9-10-11-12-13-14-16-19-24-22-23-26(36(29,30)31)27(28(24)37(32,33)34)35-25-20-17-15-18-21-25;;/h15,17-18,20-23H,2-14,16,19H2,1H3,(H,29,30,31)(H,32,33,34);;/q;2*+1/p-2. The summed E-state index contributed by atoms with van der Waals surface area (Å²) in [7, 11) is -10.2. The Hall–Kier alpha value is 0.0600. The van der Waals surface area contributed by atoms with Gasteiger partial charge in [0.05, 0.1) is 4.90 Å². The molecule has 0 atom stereocenters. The Morgan fingerprint density at radius 3 is 1.51 bits per heavy atom. The molecule has 0 unspecified atom stereocenters. The van der Waals surface area contributed by atoms with Crippen LogP contribution >= 0.6 is 0 Å². The predicted octanol–water partition coefficient (Wildman–Crippen LogP) is 1.32. The quantitative estimate of drug-likeness (QED) is 0.136. The molecule has 0 saturated carbocycles. The van der Waals surface area contributed by atoms with Crippen molar-refractivity contribution in [3.05, 3.63) is 48.0 Å². The van der Waals surface area contributed by atoms with Crippen molar-refractivity contribution in [2.24, 2.45) is 0 Å². The fourth-order valence-electron chi connectivity index (χ4n) is 4.47. The Balaban J connectivity index is 0.00000722. The smallest absolute Gasteiger partial charge is 0.744 e. The first-order chi connectivity index (χ1) is 17.6. The van der Waals surface area contributed by atoms with Crippen LogP contribution in [0.2, 0.25) is 0 Å². The summed E-state index contributed by atoms with van der Waals surface area (Å²) >= 11 is 0. The molecule has 0 aliphatic rings. The normalized spacial score (nSPS) is 11.5. The Kier molecular flexibility index (Phi) is 20.9. The molecular weight excluding hydrogens is 558 g/mol. The first kappa shape index (κ1) is 39.1. The van der Waals surface area contributed by atoms with E-state index in [1.807, 2.05) is 0 Å². The number of unbranched alkanes of at least 4 members (excludes halogenated alkanes) is 13. The summed E-state index contributed by atoms with van der Waals surface area (Å²) in [6.45, 7) is 2.23. The number of hydrogen-bond donors (Lipinski definition) is 0. The first-order valence-electron chi connectivity index (χ1n) is 13.4. The first-order valence-corrected chi connectivity index (χ1v) is 16.3. The van der Waals surface area contributed by atoms with Gasteiger partial charge in [-0.1, -0.05) is 115 Å². The molecule has 0 aromatic heterocycles. The van der Waals surface area contributed by atoms with Crippen molar-refractivity contribution >= 4 is 20.2 Å². The minimum absolute atomic E-state index is 0. The number of ether oxygens (including phenoxy) is 1. The van der Waals surface area contributed by atoms with Gasteiger partial charge in [-0.05, 0) is 36.6 Å². The van der Waals surface area contributed by atoms with Crippen molar-refractivity contribution < 1.29 is 89.8 Å². The van der Waals surface area contributed by atoms with Crippen molar-refractivity contribution in [3.8, 4) is 11.5 Å². The molecule has 0 fully saturated rings. The molecule has 0 aliphatic carbocycles. The fraction of sp³-hybridized carbons (Fsp3) is 0.571. The molecule has 7 nitrogen and oxygen atoms in total. The number of aryl methyl sites for hydroxylation is 1. The van der Waals surface area contributed by atoms with E-state index >= 15 is 0 Å². The van der Waals surface area contributed by atoms with E-state index in [2.05, 4.69) is 6.92 Å². The van der Waals surface area contributed by atoms with Crippen LogP contribution < -0.4 is 63.9 Å². The molecule has 208 valence electrons. The second kappa shape index (κ2) is 20.9. The molecular formula is C28H40Na2O7S2. The van der Waals surface area contributed by atoms with Crippen molar-refractivity contribution in [1.29, 1.82) is 0 Å². The molecule has 0 heterocycles. The summed E-state index contributed by atoms with van der Waals surface area (Å²) in [6.07, 6.45) is 16.7. The Morgan fingerprint density at radius 1 is 0.615 bits per heavy atom. The molecule has 0 radical (unpaired) electrons. The second-order valence-electron chi connectivity index (χ2n) is 9.55. The third kappa shape index (κ3) is 15.2. The molecule has 0 amide bonds. The van der Waals surface area contributed by atoms with E-state index in [0.717, 1.165) is 25.3 Å². The zero-order valence-electron chi connectivity index (χ0n) is 23.8. The summed E-state index contributed by atoms with van der Waals surface area (Å²) in [5.41, 5.74) is 0.160. The zero-order chi connectivity index (χ0) is 27.2. The molecule has 0 spiro atoms. The molecule has 11 heteroatoms. The van der Waals surface area contributed by atoms with Gasteiger partial charge in [-0.3, -0.25) is 0 Å². The Morgan fingerprint density at radius 2 is 1.08 bits per heavy atom. The summed E-state index contributed by atoms with van der Waals surface area (Å²) in [5.74, 6) is -0.606. The van der Waals surface area contributed by atoms with Crippen LogP contribution in [0.4, 0.5) is 0 Å². The van der Waals surface area contributed by atoms with E-state index in [9.17, 15) is 25.9 Å². The van der Waals surface area contributed by atoms with Gasteiger partial charge in [0.15, 0.2) is 5.75 Å². The maximum Gasteiger partial charge on any atom is 1.00 e. The molecule has 0 saturated heterocycles. The van der Waals surface area contributed by atoms with Crippen molar-refractivity contribution in [2.45, 2.75) is 113 Å². The van der Waals surface area contributed by atoms with E-state index in [0.29, 0.717) is 6.42 Å². The van der Waals surface area contributed by atoms with Crippen LogP contribution in [0.1, 0.15) is 102 Å². The Labute approximate surface area is 280 Å². The summed E-state index contributed by atoms with van der Waals surface area (Å²) in [5, 5.41) is 0. The number of para-hydroxylation sites is 1. The van der Waals surface area contributed by atoms with Crippen molar-refractivity contribution in [3.63, 3.8) is 0 Å². The van der Waals surface area contributed by atoms with Crippen LogP contribution in [0.15, 0.2) is 52.3 Å². The summed E-state index contributed by atoms with van der Waals surface area (Å²) in [6, 6.07) is 10.1.